The summed E-state index contributed by atoms with van der Waals surface area (Å²) in [6, 6.07) is 0. The zero-order valence-corrected chi connectivity index (χ0v) is 14.7. The van der Waals surface area contributed by atoms with E-state index in [0.717, 1.165) is 12.8 Å². The van der Waals surface area contributed by atoms with Crippen molar-refractivity contribution in [1.29, 1.82) is 0 Å². The van der Waals surface area contributed by atoms with E-state index in [4.69, 9.17) is 10.2 Å². The second-order valence-electron chi connectivity index (χ2n) is 1.39. The molecule has 92 valence electrons. The zero-order valence-electron chi connectivity index (χ0n) is 8.36. The van der Waals surface area contributed by atoms with Gasteiger partial charge in [0, 0.05) is 56.6 Å². The van der Waals surface area contributed by atoms with Crippen molar-refractivity contribution in [1.82, 2.24) is 0 Å². The molecule has 0 radical (unpaired) electrons. The van der Waals surface area contributed by atoms with Crippen molar-refractivity contribution >= 4 is 49.6 Å². The SMILES string of the molecule is CCCCO.CCO.Cl.Cl.Cl.Cl.[Ti].[Ti]. The molecule has 0 aromatic carbocycles. The molecule has 0 aromatic rings. The largest absolute Gasteiger partial charge is 0.397 e. The molecule has 0 aliphatic rings. The van der Waals surface area contributed by atoms with Gasteiger partial charge in [0.1, 0.15) is 0 Å². The van der Waals surface area contributed by atoms with E-state index >= 15 is 0 Å². The van der Waals surface area contributed by atoms with Gasteiger partial charge in [0.2, 0.25) is 0 Å². The third-order valence-electron chi connectivity index (χ3n) is 0.512. The Morgan fingerprint density at radius 3 is 1.00 bits per heavy atom. The van der Waals surface area contributed by atoms with Gasteiger partial charge < -0.3 is 10.2 Å². The monoisotopic (exact) mass is 360 g/mol. The van der Waals surface area contributed by atoms with Crippen LogP contribution in [-0.2, 0) is 43.4 Å². The van der Waals surface area contributed by atoms with E-state index in [2.05, 4.69) is 6.92 Å². The molecular weight excluding hydrogens is 342 g/mol. The van der Waals surface area contributed by atoms with E-state index in [0.29, 0.717) is 6.61 Å². The van der Waals surface area contributed by atoms with Crippen LogP contribution in [0.25, 0.3) is 0 Å². The summed E-state index contributed by atoms with van der Waals surface area (Å²) >= 11 is 0. The van der Waals surface area contributed by atoms with Gasteiger partial charge in [-0.15, -0.1) is 49.6 Å². The first-order valence-electron chi connectivity index (χ1n) is 3.05. The summed E-state index contributed by atoms with van der Waals surface area (Å²) in [4.78, 5) is 0. The molecule has 0 fully saturated rings. The van der Waals surface area contributed by atoms with Crippen molar-refractivity contribution in [3.05, 3.63) is 0 Å². The van der Waals surface area contributed by atoms with Crippen LogP contribution in [0, 0.1) is 0 Å². The van der Waals surface area contributed by atoms with Crippen molar-refractivity contribution in [2.45, 2.75) is 26.7 Å². The van der Waals surface area contributed by atoms with Crippen LogP contribution in [0.4, 0.5) is 0 Å². The maximum Gasteiger partial charge on any atom is 0.0430 e. The van der Waals surface area contributed by atoms with Gasteiger partial charge in [-0.3, -0.25) is 0 Å². The van der Waals surface area contributed by atoms with Gasteiger partial charge in [0.05, 0.1) is 0 Å². The minimum absolute atomic E-state index is 0. The summed E-state index contributed by atoms with van der Waals surface area (Å²) in [5.41, 5.74) is 0. The van der Waals surface area contributed by atoms with Crippen molar-refractivity contribution < 1.29 is 53.6 Å². The third kappa shape index (κ3) is 130. The molecule has 0 spiro atoms. The molecule has 2 N–H and O–H groups in total. The van der Waals surface area contributed by atoms with E-state index in [-0.39, 0.29) is 99.7 Å². The standard InChI is InChI=1S/C4H10O.C2H6O.4ClH.2Ti/c1-2-3-4-5;1-2-3;;;;;;/h5H,2-4H2,1H3;3H,2H2,1H3;4*1H;;. The fraction of sp³-hybridized carbons (Fsp3) is 1.00. The van der Waals surface area contributed by atoms with Crippen LogP contribution in [0.1, 0.15) is 26.7 Å². The summed E-state index contributed by atoms with van der Waals surface area (Å²) in [5, 5.41) is 15.6. The fourth-order valence-corrected chi connectivity index (χ4v) is 0.158. The van der Waals surface area contributed by atoms with Gasteiger partial charge in [0.15, 0.2) is 0 Å². The molecule has 0 saturated heterocycles. The number of aliphatic hydroxyl groups excluding tert-OH is 2. The van der Waals surface area contributed by atoms with E-state index in [1.54, 1.807) is 6.92 Å². The summed E-state index contributed by atoms with van der Waals surface area (Å²) in [6.07, 6.45) is 2.04. The minimum atomic E-state index is 0. The van der Waals surface area contributed by atoms with Crippen molar-refractivity contribution in [3.8, 4) is 0 Å². The predicted molar refractivity (Wildman–Crippen MR) is 63.7 cm³/mol. The Morgan fingerprint density at radius 2 is 1.00 bits per heavy atom. The summed E-state index contributed by atoms with van der Waals surface area (Å²) in [7, 11) is 0. The molecule has 2 nitrogen and oxygen atoms in total. The van der Waals surface area contributed by atoms with Crippen molar-refractivity contribution in [2.75, 3.05) is 13.2 Å². The van der Waals surface area contributed by atoms with Crippen LogP contribution in [0.3, 0.4) is 0 Å². The first kappa shape index (κ1) is 54.8. The van der Waals surface area contributed by atoms with Gasteiger partial charge in [-0.1, -0.05) is 13.3 Å². The van der Waals surface area contributed by atoms with Crippen LogP contribution in [-0.4, -0.2) is 23.4 Å². The number of halogens is 4. The number of hydrogen-bond donors (Lipinski definition) is 2. The Morgan fingerprint density at radius 1 is 0.786 bits per heavy atom. The Bertz CT molecular complexity index is 39.8. The summed E-state index contributed by atoms with van der Waals surface area (Å²) in [5.74, 6) is 0. The molecule has 0 atom stereocenters. The van der Waals surface area contributed by atoms with Crippen LogP contribution in [0.15, 0.2) is 0 Å². The van der Waals surface area contributed by atoms with Crippen molar-refractivity contribution in [2.24, 2.45) is 0 Å². The zero-order chi connectivity index (χ0) is 6.83. The molecular formula is C6H20Cl4O2Ti2. The number of rotatable bonds is 2. The molecule has 0 heterocycles. The molecule has 0 rings (SSSR count). The molecule has 0 bridgehead atoms. The van der Waals surface area contributed by atoms with Crippen molar-refractivity contribution in [3.63, 3.8) is 0 Å². The Labute approximate surface area is 142 Å². The van der Waals surface area contributed by atoms with E-state index in [1.165, 1.54) is 0 Å². The smallest absolute Gasteiger partial charge is 0.0430 e. The second kappa shape index (κ2) is 77.1. The molecule has 14 heavy (non-hydrogen) atoms. The first-order chi connectivity index (χ1) is 3.83. The average molecular weight is 362 g/mol. The van der Waals surface area contributed by atoms with Gasteiger partial charge >= 0.3 is 0 Å². The molecule has 0 unspecified atom stereocenters. The fourth-order valence-electron chi connectivity index (χ4n) is 0.158. The molecule has 0 saturated carbocycles. The summed E-state index contributed by atoms with van der Waals surface area (Å²) in [6.45, 7) is 4.33. The molecule has 8 heteroatoms. The topological polar surface area (TPSA) is 40.5 Å². The minimum Gasteiger partial charge on any atom is -0.397 e. The average Bonchev–Trinajstić information content (AvgIpc) is 1.71. The van der Waals surface area contributed by atoms with Gasteiger partial charge in [-0.25, -0.2) is 0 Å². The van der Waals surface area contributed by atoms with E-state index in [9.17, 15) is 0 Å². The van der Waals surface area contributed by atoms with E-state index in [1.807, 2.05) is 0 Å². The van der Waals surface area contributed by atoms with Crippen LogP contribution >= 0.6 is 49.6 Å². The van der Waals surface area contributed by atoms with Gasteiger partial charge in [0.25, 0.3) is 0 Å². The number of hydrogen-bond acceptors (Lipinski definition) is 2. The quantitative estimate of drug-likeness (QED) is 0.742. The number of aliphatic hydroxyl groups is 2. The normalized spacial score (nSPS) is 4.29. The molecule has 0 amide bonds. The van der Waals surface area contributed by atoms with Gasteiger partial charge in [-0.2, -0.15) is 0 Å². The Kier molecular flexibility index (Phi) is 302. The maximum atomic E-state index is 8.07. The maximum absolute atomic E-state index is 8.07. The van der Waals surface area contributed by atoms with E-state index < -0.39 is 0 Å². The Hall–Kier alpha value is 2.51. The van der Waals surface area contributed by atoms with Crippen LogP contribution < -0.4 is 0 Å². The molecule has 0 aliphatic heterocycles. The van der Waals surface area contributed by atoms with Crippen LogP contribution in [0.5, 0.6) is 0 Å². The second-order valence-corrected chi connectivity index (χ2v) is 1.39. The first-order valence-corrected chi connectivity index (χ1v) is 3.05. The molecule has 0 aliphatic carbocycles. The summed E-state index contributed by atoms with van der Waals surface area (Å²) < 4.78 is 0. The predicted octanol–water partition coefficient (Wildman–Crippen LogP) is 2.46. The third-order valence-corrected chi connectivity index (χ3v) is 0.512. The molecule has 0 aromatic heterocycles. The van der Waals surface area contributed by atoms with Gasteiger partial charge in [-0.05, 0) is 13.3 Å². The Balaban J connectivity index is -0.00000000626. The van der Waals surface area contributed by atoms with Crippen LogP contribution in [0.2, 0.25) is 0 Å². The number of unbranched alkanes of at least 4 members (excludes halogenated alkanes) is 1.